The predicted octanol–water partition coefficient (Wildman–Crippen LogP) is 2.78. The number of halogens is 3. The van der Waals surface area contributed by atoms with Crippen LogP contribution in [0.15, 0.2) is 18.2 Å². The number of nitrogens with two attached hydrogens (primary N) is 1. The molecule has 2 N–H and O–H groups in total. The summed E-state index contributed by atoms with van der Waals surface area (Å²) in [6, 6.07) is 4.59. The Labute approximate surface area is 92.2 Å². The molecule has 5 heteroatoms. The summed E-state index contributed by atoms with van der Waals surface area (Å²) in [4.78, 5) is 0. The highest BCUT2D eigenvalue weighted by Crippen LogP contribution is 2.25. The molecule has 0 atom stereocenters. The first-order valence-electron chi connectivity index (χ1n) is 4.97. The van der Waals surface area contributed by atoms with E-state index < -0.39 is 6.36 Å². The Hall–Kier alpha value is -1.23. The molecule has 0 spiro atoms. The molecule has 0 bridgehead atoms. The third-order valence-electron chi connectivity index (χ3n) is 2.01. The van der Waals surface area contributed by atoms with Crippen LogP contribution < -0.4 is 10.5 Å². The third-order valence-corrected chi connectivity index (χ3v) is 2.01. The van der Waals surface area contributed by atoms with Crippen LogP contribution in [-0.2, 0) is 6.42 Å². The summed E-state index contributed by atoms with van der Waals surface area (Å²) >= 11 is 0. The summed E-state index contributed by atoms with van der Waals surface area (Å²) in [7, 11) is 0. The van der Waals surface area contributed by atoms with Gasteiger partial charge in [-0.2, -0.15) is 0 Å². The lowest BCUT2D eigenvalue weighted by atomic mass is 10.1. The number of benzene rings is 1. The van der Waals surface area contributed by atoms with E-state index in [-0.39, 0.29) is 5.75 Å². The van der Waals surface area contributed by atoms with Gasteiger partial charge in [0.1, 0.15) is 5.75 Å². The van der Waals surface area contributed by atoms with Gasteiger partial charge in [-0.15, -0.1) is 13.2 Å². The smallest absolute Gasteiger partial charge is 0.406 e. The zero-order valence-electron chi connectivity index (χ0n) is 8.97. The largest absolute Gasteiger partial charge is 0.573 e. The van der Waals surface area contributed by atoms with Crippen molar-refractivity contribution in [3.05, 3.63) is 29.3 Å². The molecule has 0 aromatic heterocycles. The molecular formula is C11H14F3NO. The molecule has 0 fully saturated rings. The van der Waals surface area contributed by atoms with Crippen molar-refractivity contribution in [1.82, 2.24) is 0 Å². The molecule has 0 unspecified atom stereocenters. The minimum Gasteiger partial charge on any atom is -0.406 e. The fourth-order valence-electron chi connectivity index (χ4n) is 1.47. The number of ether oxygens (including phenoxy) is 1. The summed E-state index contributed by atoms with van der Waals surface area (Å²) in [5.41, 5.74) is 6.90. The molecule has 1 aromatic rings. The number of hydrogen-bond acceptors (Lipinski definition) is 2. The first-order chi connectivity index (χ1) is 7.40. The normalized spacial score (nSPS) is 11.6. The van der Waals surface area contributed by atoms with Crippen LogP contribution in [0.2, 0.25) is 0 Å². The first kappa shape index (κ1) is 12.8. The highest BCUT2D eigenvalue weighted by Gasteiger charge is 2.31. The van der Waals surface area contributed by atoms with Crippen molar-refractivity contribution < 1.29 is 17.9 Å². The SMILES string of the molecule is Cc1cc(CCCN)cc(OC(F)(F)F)c1. The van der Waals surface area contributed by atoms with Crippen LogP contribution in [0.25, 0.3) is 0 Å². The van der Waals surface area contributed by atoms with E-state index in [0.717, 1.165) is 17.5 Å². The Bertz CT molecular complexity index is 350. The Kier molecular flexibility index (Phi) is 4.18. The maximum atomic E-state index is 12.0. The lowest BCUT2D eigenvalue weighted by Crippen LogP contribution is -2.17. The van der Waals surface area contributed by atoms with Gasteiger partial charge in [0.05, 0.1) is 0 Å². The topological polar surface area (TPSA) is 35.2 Å². The molecule has 1 rings (SSSR count). The quantitative estimate of drug-likeness (QED) is 0.867. The Morgan fingerprint density at radius 2 is 1.94 bits per heavy atom. The molecule has 16 heavy (non-hydrogen) atoms. The first-order valence-corrected chi connectivity index (χ1v) is 4.97. The number of rotatable bonds is 4. The van der Waals surface area contributed by atoms with Crippen molar-refractivity contribution in [3.8, 4) is 5.75 Å². The van der Waals surface area contributed by atoms with E-state index >= 15 is 0 Å². The van der Waals surface area contributed by atoms with E-state index in [2.05, 4.69) is 4.74 Å². The predicted molar refractivity (Wildman–Crippen MR) is 55.2 cm³/mol. The summed E-state index contributed by atoms with van der Waals surface area (Å²) in [5, 5.41) is 0. The second kappa shape index (κ2) is 5.21. The van der Waals surface area contributed by atoms with Gasteiger partial charge in [-0.05, 0) is 49.6 Å². The van der Waals surface area contributed by atoms with Crippen molar-refractivity contribution in [1.29, 1.82) is 0 Å². The molecule has 1 aromatic carbocycles. The van der Waals surface area contributed by atoms with Gasteiger partial charge in [0, 0.05) is 0 Å². The maximum Gasteiger partial charge on any atom is 0.573 e. The molecule has 0 saturated heterocycles. The summed E-state index contributed by atoms with van der Waals surface area (Å²) < 4.78 is 39.9. The van der Waals surface area contributed by atoms with Gasteiger partial charge < -0.3 is 10.5 Å². The van der Waals surface area contributed by atoms with Gasteiger partial charge in [-0.25, -0.2) is 0 Å². The highest BCUT2D eigenvalue weighted by atomic mass is 19.4. The van der Waals surface area contributed by atoms with Crippen LogP contribution in [0.5, 0.6) is 5.75 Å². The van der Waals surface area contributed by atoms with Crippen molar-refractivity contribution >= 4 is 0 Å². The molecule has 0 aliphatic heterocycles. The fraction of sp³-hybridized carbons (Fsp3) is 0.455. The highest BCUT2D eigenvalue weighted by molar-refractivity contribution is 5.34. The van der Waals surface area contributed by atoms with Crippen LogP contribution in [0.4, 0.5) is 13.2 Å². The van der Waals surface area contributed by atoms with E-state index in [1.54, 1.807) is 6.92 Å². The molecule has 0 aliphatic rings. The fourth-order valence-corrected chi connectivity index (χ4v) is 1.47. The molecule has 90 valence electrons. The lowest BCUT2D eigenvalue weighted by molar-refractivity contribution is -0.274. The standard InChI is InChI=1S/C11H14F3NO/c1-8-5-9(3-2-4-15)7-10(6-8)16-11(12,13)14/h5-7H,2-4,15H2,1H3. The zero-order valence-corrected chi connectivity index (χ0v) is 8.97. The number of aryl methyl sites for hydroxylation is 2. The van der Waals surface area contributed by atoms with E-state index in [1.807, 2.05) is 6.07 Å². The molecule has 0 aliphatic carbocycles. The van der Waals surface area contributed by atoms with Crippen LogP contribution in [0, 0.1) is 6.92 Å². The van der Waals surface area contributed by atoms with E-state index in [1.165, 1.54) is 12.1 Å². The van der Waals surface area contributed by atoms with Crippen molar-refractivity contribution in [2.24, 2.45) is 5.73 Å². The Balaban J connectivity index is 2.81. The van der Waals surface area contributed by atoms with Crippen molar-refractivity contribution in [3.63, 3.8) is 0 Å². The third kappa shape index (κ3) is 4.53. The average Bonchev–Trinajstić information content (AvgIpc) is 2.10. The van der Waals surface area contributed by atoms with Gasteiger partial charge in [-0.1, -0.05) is 6.07 Å². The molecule has 0 saturated carbocycles. The summed E-state index contributed by atoms with van der Waals surface area (Å²) in [6.45, 7) is 2.25. The number of alkyl halides is 3. The minimum absolute atomic E-state index is 0.167. The van der Waals surface area contributed by atoms with E-state index in [0.29, 0.717) is 13.0 Å². The Morgan fingerprint density at radius 1 is 1.25 bits per heavy atom. The van der Waals surface area contributed by atoms with Gasteiger partial charge in [0.2, 0.25) is 0 Å². The molecule has 0 heterocycles. The molecule has 0 amide bonds. The minimum atomic E-state index is -4.64. The van der Waals surface area contributed by atoms with E-state index in [9.17, 15) is 13.2 Å². The monoisotopic (exact) mass is 233 g/mol. The maximum absolute atomic E-state index is 12.0. The van der Waals surface area contributed by atoms with Crippen molar-refractivity contribution in [2.75, 3.05) is 6.54 Å². The van der Waals surface area contributed by atoms with Crippen LogP contribution >= 0.6 is 0 Å². The van der Waals surface area contributed by atoms with Gasteiger partial charge >= 0.3 is 6.36 Å². The molecule has 2 nitrogen and oxygen atoms in total. The van der Waals surface area contributed by atoms with Gasteiger partial charge in [-0.3, -0.25) is 0 Å². The van der Waals surface area contributed by atoms with Crippen LogP contribution in [0.1, 0.15) is 17.5 Å². The van der Waals surface area contributed by atoms with Crippen LogP contribution in [0.3, 0.4) is 0 Å². The summed E-state index contributed by atoms with van der Waals surface area (Å²) in [6.07, 6.45) is -3.24. The Morgan fingerprint density at radius 3 is 2.50 bits per heavy atom. The number of hydrogen-bond donors (Lipinski definition) is 1. The molecular weight excluding hydrogens is 219 g/mol. The second-order valence-corrected chi connectivity index (χ2v) is 3.59. The van der Waals surface area contributed by atoms with Gasteiger partial charge in [0.25, 0.3) is 0 Å². The summed E-state index contributed by atoms with van der Waals surface area (Å²) in [5.74, 6) is -0.167. The average molecular weight is 233 g/mol. The zero-order chi connectivity index (χ0) is 12.2. The lowest BCUT2D eigenvalue weighted by Gasteiger charge is -2.11. The van der Waals surface area contributed by atoms with Crippen LogP contribution in [-0.4, -0.2) is 12.9 Å². The van der Waals surface area contributed by atoms with E-state index in [4.69, 9.17) is 5.73 Å². The van der Waals surface area contributed by atoms with Gasteiger partial charge in [0.15, 0.2) is 0 Å². The molecule has 0 radical (unpaired) electrons. The second-order valence-electron chi connectivity index (χ2n) is 3.59. The van der Waals surface area contributed by atoms with Crippen molar-refractivity contribution in [2.45, 2.75) is 26.1 Å².